The van der Waals surface area contributed by atoms with Gasteiger partial charge in [0, 0.05) is 11.4 Å². The predicted molar refractivity (Wildman–Crippen MR) is 53.7 cm³/mol. The van der Waals surface area contributed by atoms with Crippen molar-refractivity contribution in [2.45, 2.75) is 13.8 Å². The Balaban J connectivity index is 4.18. The van der Waals surface area contributed by atoms with Gasteiger partial charge in [-0.2, -0.15) is 0 Å². The van der Waals surface area contributed by atoms with Crippen LogP contribution in [0.2, 0.25) is 0 Å². The van der Waals surface area contributed by atoms with Crippen LogP contribution in [-0.2, 0) is 13.6 Å². The predicted octanol–water partition coefficient (Wildman–Crippen LogP) is 2.74. The number of thiocarbonyl (C=S) groups is 1. The summed E-state index contributed by atoms with van der Waals surface area (Å²) in [6.07, 6.45) is 0. The Morgan fingerprint density at radius 2 is 1.92 bits per heavy atom. The largest absolute Gasteiger partial charge is 0.494 e. The monoisotopic (exact) mass is 230 g/mol. The van der Waals surface area contributed by atoms with Crippen LogP contribution in [0, 0.1) is 0 Å². The molecule has 0 fully saturated rings. The molecule has 0 saturated carbocycles. The van der Waals surface area contributed by atoms with Crippen molar-refractivity contribution in [3.63, 3.8) is 0 Å². The highest BCUT2D eigenvalue weighted by Gasteiger charge is 2.26. The third-order valence-corrected chi connectivity index (χ3v) is 4.74. The molecule has 0 aliphatic rings. The Labute approximate surface area is 80.9 Å². The molecule has 0 rings (SSSR count). The van der Waals surface area contributed by atoms with Crippen molar-refractivity contribution < 1.29 is 18.7 Å². The van der Waals surface area contributed by atoms with Crippen molar-refractivity contribution in [1.29, 1.82) is 0 Å². The minimum absolute atomic E-state index is 0.257. The molecular formula is C5H11O4PS2. The number of hydrogen-bond acceptors (Lipinski definition) is 5. The zero-order valence-electron chi connectivity index (χ0n) is 6.85. The molecule has 0 atom stereocenters. The van der Waals surface area contributed by atoms with Gasteiger partial charge in [0.05, 0.1) is 13.2 Å². The normalized spacial score (nSPS) is 11.5. The molecule has 0 spiro atoms. The Morgan fingerprint density at radius 3 is 2.17 bits per heavy atom. The van der Waals surface area contributed by atoms with E-state index in [9.17, 15) is 4.57 Å². The third kappa shape index (κ3) is 5.11. The van der Waals surface area contributed by atoms with Crippen molar-refractivity contribution in [3.05, 3.63) is 0 Å². The lowest BCUT2D eigenvalue weighted by atomic mass is 10.9. The van der Waals surface area contributed by atoms with Gasteiger partial charge in [-0.25, -0.2) is 4.57 Å². The molecule has 0 aromatic rings. The summed E-state index contributed by atoms with van der Waals surface area (Å²) in [5.41, 5.74) is 0. The highest BCUT2D eigenvalue weighted by Crippen LogP contribution is 2.60. The van der Waals surface area contributed by atoms with Gasteiger partial charge in [0.1, 0.15) is 0 Å². The Bertz CT molecular complexity index is 186. The van der Waals surface area contributed by atoms with E-state index in [-0.39, 0.29) is 13.2 Å². The fourth-order valence-corrected chi connectivity index (χ4v) is 3.85. The summed E-state index contributed by atoms with van der Waals surface area (Å²) in [4.78, 5) is 0. The van der Waals surface area contributed by atoms with E-state index in [4.69, 9.17) is 14.2 Å². The van der Waals surface area contributed by atoms with E-state index in [2.05, 4.69) is 12.2 Å². The average Bonchev–Trinajstić information content (AvgIpc) is 1.85. The van der Waals surface area contributed by atoms with Gasteiger partial charge >= 0.3 is 6.80 Å². The van der Waals surface area contributed by atoms with Gasteiger partial charge in [-0.15, -0.1) is 0 Å². The second-order valence-electron chi connectivity index (χ2n) is 1.64. The molecule has 0 aliphatic heterocycles. The van der Waals surface area contributed by atoms with Gasteiger partial charge in [-0.05, 0) is 26.1 Å². The summed E-state index contributed by atoms with van der Waals surface area (Å²) in [6, 6.07) is 0. The minimum Gasteiger partial charge on any atom is -0.494 e. The standard InChI is InChI=1S/C5H11O4PS2/c1-3-8-10(7,9-4-2)12-5(6)11/h3-4H2,1-2H3,(H,6,11). The van der Waals surface area contributed by atoms with Crippen LogP contribution >= 0.6 is 30.4 Å². The van der Waals surface area contributed by atoms with Crippen LogP contribution in [0.4, 0.5) is 0 Å². The van der Waals surface area contributed by atoms with Gasteiger partial charge in [-0.1, -0.05) is 0 Å². The van der Waals surface area contributed by atoms with Crippen LogP contribution in [0.25, 0.3) is 0 Å². The van der Waals surface area contributed by atoms with Crippen molar-refractivity contribution in [1.82, 2.24) is 0 Å². The topological polar surface area (TPSA) is 55.8 Å². The molecule has 0 saturated heterocycles. The first-order valence-corrected chi connectivity index (χ1v) is 6.73. The molecule has 0 aromatic carbocycles. The number of aliphatic hydroxyl groups is 1. The van der Waals surface area contributed by atoms with Crippen molar-refractivity contribution in [3.8, 4) is 0 Å². The summed E-state index contributed by atoms with van der Waals surface area (Å²) in [6.45, 7) is 0.638. The number of rotatable bonds is 5. The lowest BCUT2D eigenvalue weighted by Gasteiger charge is -2.13. The van der Waals surface area contributed by atoms with E-state index in [1.54, 1.807) is 13.8 Å². The number of aliphatic hydroxyl groups excluding tert-OH is 1. The van der Waals surface area contributed by atoms with E-state index in [0.29, 0.717) is 11.4 Å². The number of hydrogen-bond donors (Lipinski definition) is 1. The van der Waals surface area contributed by atoms with E-state index >= 15 is 0 Å². The van der Waals surface area contributed by atoms with Crippen LogP contribution in [0.3, 0.4) is 0 Å². The van der Waals surface area contributed by atoms with E-state index in [1.165, 1.54) is 0 Å². The molecule has 0 aliphatic carbocycles. The lowest BCUT2D eigenvalue weighted by Crippen LogP contribution is -1.94. The third-order valence-electron chi connectivity index (χ3n) is 0.764. The van der Waals surface area contributed by atoms with E-state index < -0.39 is 11.2 Å². The van der Waals surface area contributed by atoms with Crippen LogP contribution < -0.4 is 0 Å². The molecule has 0 heterocycles. The van der Waals surface area contributed by atoms with Gasteiger partial charge in [0.15, 0.2) is 0 Å². The fourth-order valence-electron chi connectivity index (χ4n) is 0.502. The van der Waals surface area contributed by atoms with E-state index in [1.807, 2.05) is 0 Å². The molecule has 72 valence electrons. The molecule has 0 aromatic heterocycles. The zero-order chi connectivity index (χ0) is 9.61. The molecule has 0 radical (unpaired) electrons. The van der Waals surface area contributed by atoms with Crippen LogP contribution in [0.5, 0.6) is 0 Å². The van der Waals surface area contributed by atoms with Crippen molar-refractivity contribution in [2.75, 3.05) is 13.2 Å². The zero-order valence-corrected chi connectivity index (χ0v) is 9.38. The average molecular weight is 230 g/mol. The molecule has 7 heteroatoms. The fraction of sp³-hybridized carbons (Fsp3) is 0.800. The first-order valence-electron chi connectivity index (χ1n) is 3.35. The maximum Gasteiger partial charge on any atom is 0.397 e. The second kappa shape index (κ2) is 5.94. The summed E-state index contributed by atoms with van der Waals surface area (Å²) < 4.78 is 20.7. The van der Waals surface area contributed by atoms with E-state index in [0.717, 1.165) is 0 Å². The summed E-state index contributed by atoms with van der Waals surface area (Å²) in [5, 5.41) is 8.70. The van der Waals surface area contributed by atoms with Gasteiger partial charge in [-0.3, -0.25) is 0 Å². The molecule has 0 unspecified atom stereocenters. The molecule has 4 nitrogen and oxygen atoms in total. The maximum atomic E-state index is 11.5. The minimum atomic E-state index is -3.25. The molecule has 0 amide bonds. The van der Waals surface area contributed by atoms with Crippen LogP contribution in [0.15, 0.2) is 0 Å². The molecule has 0 bridgehead atoms. The highest BCUT2D eigenvalue weighted by atomic mass is 32.7. The van der Waals surface area contributed by atoms with Crippen molar-refractivity contribution >= 4 is 34.8 Å². The van der Waals surface area contributed by atoms with Gasteiger partial charge in [0.2, 0.25) is 4.38 Å². The Hall–Kier alpha value is 0.390. The summed E-state index contributed by atoms with van der Waals surface area (Å²) >= 11 is 4.91. The molecule has 12 heavy (non-hydrogen) atoms. The van der Waals surface area contributed by atoms with Gasteiger partial charge in [0.25, 0.3) is 0 Å². The summed E-state index contributed by atoms with van der Waals surface area (Å²) in [7, 11) is 0. The van der Waals surface area contributed by atoms with Gasteiger partial charge < -0.3 is 14.2 Å². The quantitative estimate of drug-likeness (QED) is 0.579. The Kier molecular flexibility index (Phi) is 6.13. The summed E-state index contributed by atoms with van der Waals surface area (Å²) in [5.74, 6) is 0. The maximum absolute atomic E-state index is 11.5. The molecular weight excluding hydrogens is 219 g/mol. The van der Waals surface area contributed by atoms with Crippen LogP contribution in [-0.4, -0.2) is 22.7 Å². The van der Waals surface area contributed by atoms with Crippen LogP contribution in [0.1, 0.15) is 13.8 Å². The molecule has 1 N–H and O–H groups in total. The first kappa shape index (κ1) is 12.4. The second-order valence-corrected chi connectivity index (χ2v) is 6.15. The smallest absolute Gasteiger partial charge is 0.397 e. The SMILES string of the molecule is CCOP(=O)(OCC)SC(O)=S. The first-order chi connectivity index (χ1) is 5.54. The lowest BCUT2D eigenvalue weighted by molar-refractivity contribution is 0.237. The highest BCUT2D eigenvalue weighted by molar-refractivity contribution is 8.64. The van der Waals surface area contributed by atoms with Crippen molar-refractivity contribution in [2.24, 2.45) is 0 Å². The Morgan fingerprint density at radius 1 is 1.50 bits per heavy atom.